The number of carbonyl (C=O) groups excluding carboxylic acids is 1. The van der Waals surface area contributed by atoms with Crippen LogP contribution in [0.2, 0.25) is 0 Å². The molecule has 0 atom stereocenters. The summed E-state index contributed by atoms with van der Waals surface area (Å²) in [4.78, 5) is 22.4. The minimum Gasteiger partial charge on any atom is -0.495 e. The van der Waals surface area contributed by atoms with Crippen LogP contribution in [0.25, 0.3) is 20.8 Å². The van der Waals surface area contributed by atoms with Crippen LogP contribution in [-0.4, -0.2) is 43.4 Å². The van der Waals surface area contributed by atoms with Crippen molar-refractivity contribution in [3.05, 3.63) is 90.5 Å². The number of nitrogens with one attached hydrogen (secondary N) is 3. The van der Waals surface area contributed by atoms with Crippen LogP contribution in [0.1, 0.15) is 5.56 Å². The van der Waals surface area contributed by atoms with Gasteiger partial charge in [0.25, 0.3) is 0 Å². The third kappa shape index (κ3) is 6.95. The number of amides is 2. The molecule has 0 bridgehead atoms. The lowest BCUT2D eigenvalue weighted by Crippen LogP contribution is -2.19. The second-order valence-corrected chi connectivity index (χ2v) is 9.93. The lowest BCUT2D eigenvalue weighted by atomic mass is 10.2. The quantitative estimate of drug-likeness (QED) is 0.151. The first kappa shape index (κ1) is 28.0. The van der Waals surface area contributed by atoms with Crippen molar-refractivity contribution in [2.24, 2.45) is 0 Å². The summed E-state index contributed by atoms with van der Waals surface area (Å²) in [5, 5.41) is 8.61. The molecule has 5 aromatic rings. The van der Waals surface area contributed by atoms with Gasteiger partial charge in [0, 0.05) is 50.4 Å². The van der Waals surface area contributed by atoms with E-state index in [1.54, 1.807) is 49.7 Å². The van der Waals surface area contributed by atoms with Crippen molar-refractivity contribution < 1.29 is 23.4 Å². The van der Waals surface area contributed by atoms with Crippen LogP contribution in [0, 0.1) is 5.82 Å². The van der Waals surface area contributed by atoms with Crippen molar-refractivity contribution in [2.45, 2.75) is 6.54 Å². The number of ether oxygens (including phenoxy) is 3. The van der Waals surface area contributed by atoms with E-state index in [-0.39, 0.29) is 11.4 Å². The Labute approximate surface area is 240 Å². The number of hydrogen-bond donors (Lipinski definition) is 3. The second-order valence-electron chi connectivity index (χ2n) is 8.88. The molecule has 2 aromatic carbocycles. The molecule has 0 saturated carbocycles. The molecule has 0 radical (unpaired) electrons. The van der Waals surface area contributed by atoms with E-state index in [1.807, 2.05) is 24.4 Å². The van der Waals surface area contributed by atoms with Crippen LogP contribution < -0.4 is 25.4 Å². The first-order chi connectivity index (χ1) is 20.0. The van der Waals surface area contributed by atoms with Gasteiger partial charge in [-0.15, -0.1) is 11.3 Å². The van der Waals surface area contributed by atoms with Crippen molar-refractivity contribution in [3.63, 3.8) is 0 Å². The monoisotopic (exact) mass is 573 g/mol. The van der Waals surface area contributed by atoms with E-state index in [0.29, 0.717) is 30.3 Å². The molecule has 3 heterocycles. The topological polar surface area (TPSA) is 107 Å². The summed E-state index contributed by atoms with van der Waals surface area (Å²) < 4.78 is 32.0. The van der Waals surface area contributed by atoms with Gasteiger partial charge in [-0.05, 0) is 42.0 Å². The zero-order valence-electron chi connectivity index (χ0n) is 22.4. The van der Waals surface area contributed by atoms with Crippen molar-refractivity contribution >= 4 is 39.0 Å². The number of para-hydroxylation sites is 2. The molecule has 210 valence electrons. The molecule has 3 aromatic heterocycles. The molecule has 0 aliphatic carbocycles. The number of methoxy groups -OCH3 is 2. The minimum absolute atomic E-state index is 0.0200. The van der Waals surface area contributed by atoms with Gasteiger partial charge in [0.05, 0.1) is 40.2 Å². The first-order valence-corrected chi connectivity index (χ1v) is 13.6. The predicted molar refractivity (Wildman–Crippen MR) is 159 cm³/mol. The highest BCUT2D eigenvalue weighted by Crippen LogP contribution is 2.39. The van der Waals surface area contributed by atoms with E-state index in [0.717, 1.165) is 32.9 Å². The number of halogens is 1. The van der Waals surface area contributed by atoms with Crippen molar-refractivity contribution in [2.75, 3.05) is 38.0 Å². The second kappa shape index (κ2) is 13.2. The molecule has 0 aliphatic rings. The third-order valence-electron chi connectivity index (χ3n) is 6.03. The Hall–Kier alpha value is -4.58. The van der Waals surface area contributed by atoms with Gasteiger partial charge < -0.3 is 30.2 Å². The number of benzene rings is 2. The maximum atomic E-state index is 15.0. The molecule has 0 unspecified atom stereocenters. The highest BCUT2D eigenvalue weighted by Gasteiger charge is 2.15. The molecule has 0 saturated heterocycles. The van der Waals surface area contributed by atoms with Gasteiger partial charge in [0.15, 0.2) is 11.6 Å². The fraction of sp³-hybridized carbons (Fsp3) is 0.167. The number of rotatable bonds is 11. The molecule has 0 aliphatic heterocycles. The fourth-order valence-corrected chi connectivity index (χ4v) is 5.06. The molecule has 0 fully saturated rings. The van der Waals surface area contributed by atoms with E-state index >= 15 is 4.39 Å². The van der Waals surface area contributed by atoms with Crippen molar-refractivity contribution in [3.8, 4) is 27.8 Å². The third-order valence-corrected chi connectivity index (χ3v) is 7.19. The Kier molecular flexibility index (Phi) is 8.99. The zero-order valence-corrected chi connectivity index (χ0v) is 23.3. The smallest absolute Gasteiger partial charge is 0.323 e. The summed E-state index contributed by atoms with van der Waals surface area (Å²) in [6.07, 6.45) is 3.46. The van der Waals surface area contributed by atoms with E-state index in [1.165, 1.54) is 30.6 Å². The Morgan fingerprint density at radius 3 is 2.61 bits per heavy atom. The SMILES string of the molecule is COCCNCc1ccc(-c2cc3nccc(Oc4ccc(NC(=O)Nc5ccccc5OC)cc4F)c3s2)nc1. The van der Waals surface area contributed by atoms with E-state index < -0.39 is 11.8 Å². The number of thiophene rings is 1. The van der Waals surface area contributed by atoms with Crippen LogP contribution in [0.4, 0.5) is 20.6 Å². The maximum Gasteiger partial charge on any atom is 0.323 e. The molecule has 3 N–H and O–H groups in total. The van der Waals surface area contributed by atoms with E-state index in [2.05, 4.69) is 25.9 Å². The van der Waals surface area contributed by atoms with Gasteiger partial charge in [0.2, 0.25) is 0 Å². The van der Waals surface area contributed by atoms with Gasteiger partial charge >= 0.3 is 6.03 Å². The number of aromatic nitrogens is 2. The molecule has 2 amide bonds. The van der Waals surface area contributed by atoms with Crippen LogP contribution in [0.3, 0.4) is 0 Å². The average Bonchev–Trinajstić information content (AvgIpc) is 3.43. The van der Waals surface area contributed by atoms with Gasteiger partial charge in [-0.25, -0.2) is 9.18 Å². The molecule has 0 spiro atoms. The number of carbonyl (C=O) groups is 1. The number of fused-ring (bicyclic) bond motifs is 1. The van der Waals surface area contributed by atoms with Gasteiger partial charge in [-0.2, -0.15) is 0 Å². The molecular weight excluding hydrogens is 545 g/mol. The van der Waals surface area contributed by atoms with Crippen LogP contribution in [0.5, 0.6) is 17.2 Å². The molecule has 9 nitrogen and oxygen atoms in total. The number of hydrogen-bond acceptors (Lipinski definition) is 8. The van der Waals surface area contributed by atoms with Gasteiger partial charge in [-0.3, -0.25) is 9.97 Å². The van der Waals surface area contributed by atoms with Gasteiger partial charge in [-0.1, -0.05) is 18.2 Å². The molecule has 41 heavy (non-hydrogen) atoms. The fourth-order valence-electron chi connectivity index (χ4n) is 4.02. The summed E-state index contributed by atoms with van der Waals surface area (Å²) in [5.74, 6) is 0.375. The summed E-state index contributed by atoms with van der Waals surface area (Å²) in [6.45, 7) is 2.12. The average molecular weight is 574 g/mol. The molecule has 5 rings (SSSR count). The zero-order chi connectivity index (χ0) is 28.6. The summed E-state index contributed by atoms with van der Waals surface area (Å²) in [6, 6.07) is 18.3. The van der Waals surface area contributed by atoms with Crippen molar-refractivity contribution in [1.82, 2.24) is 15.3 Å². The minimum atomic E-state index is -0.627. The largest absolute Gasteiger partial charge is 0.495 e. The lowest BCUT2D eigenvalue weighted by Gasteiger charge is -2.12. The standard InChI is InChI=1S/C30H28FN5O4S/c1-38-14-13-32-17-19-7-9-23(34-18-19)28-16-24-29(41-28)27(11-12-33-24)40-25-10-8-20(15-21(25)31)35-30(37)36-22-5-3-4-6-26(22)39-2/h3-12,15-16,18,32H,13-14,17H2,1-2H3,(H2,35,36,37). The highest BCUT2D eigenvalue weighted by molar-refractivity contribution is 7.22. The lowest BCUT2D eigenvalue weighted by molar-refractivity contribution is 0.199. The maximum absolute atomic E-state index is 15.0. The number of pyridine rings is 2. The number of nitrogens with zero attached hydrogens (tertiary/aromatic N) is 2. The van der Waals surface area contributed by atoms with E-state index in [9.17, 15) is 4.79 Å². The van der Waals surface area contributed by atoms with Gasteiger partial charge in [0.1, 0.15) is 11.5 Å². The Morgan fingerprint density at radius 1 is 0.951 bits per heavy atom. The van der Waals surface area contributed by atoms with Crippen LogP contribution in [-0.2, 0) is 11.3 Å². The normalized spacial score (nSPS) is 10.9. The highest BCUT2D eigenvalue weighted by atomic mass is 32.1. The summed E-state index contributed by atoms with van der Waals surface area (Å²) >= 11 is 1.47. The summed E-state index contributed by atoms with van der Waals surface area (Å²) in [7, 11) is 3.19. The Balaban J connectivity index is 1.27. The van der Waals surface area contributed by atoms with Crippen LogP contribution >= 0.6 is 11.3 Å². The number of urea groups is 1. The molecular formula is C30H28FN5O4S. The van der Waals surface area contributed by atoms with Crippen LogP contribution in [0.15, 0.2) is 79.1 Å². The first-order valence-electron chi connectivity index (χ1n) is 12.8. The Morgan fingerprint density at radius 2 is 1.83 bits per heavy atom. The summed E-state index contributed by atoms with van der Waals surface area (Å²) in [5.41, 5.74) is 3.36. The van der Waals surface area contributed by atoms with Crippen molar-refractivity contribution in [1.29, 1.82) is 0 Å². The molecule has 11 heteroatoms. The van der Waals surface area contributed by atoms with E-state index in [4.69, 9.17) is 14.2 Å². The number of anilines is 2. The Bertz CT molecular complexity index is 1640. The predicted octanol–water partition coefficient (Wildman–Crippen LogP) is 6.68.